The highest BCUT2D eigenvalue weighted by Crippen LogP contribution is 2.35. The molecule has 0 fully saturated rings. The van der Waals surface area contributed by atoms with Crippen molar-refractivity contribution in [3.05, 3.63) is 48.0 Å². The van der Waals surface area contributed by atoms with Gasteiger partial charge in [0.15, 0.2) is 0 Å². The summed E-state index contributed by atoms with van der Waals surface area (Å²) in [5.41, 5.74) is -0.707. The molecule has 3 aromatic rings. The number of halogens is 3. The average Bonchev–Trinajstić information content (AvgIpc) is 3.20. The fourth-order valence-corrected chi connectivity index (χ4v) is 3.07. The summed E-state index contributed by atoms with van der Waals surface area (Å²) in [6.45, 7) is 0. The molecule has 0 spiro atoms. The van der Waals surface area contributed by atoms with Crippen LogP contribution < -0.4 is 14.8 Å². The molecule has 11 heteroatoms. The molecule has 7 nitrogen and oxygen atoms in total. The van der Waals surface area contributed by atoms with Gasteiger partial charge in [0.25, 0.3) is 11.1 Å². The first-order chi connectivity index (χ1) is 14.3. The molecule has 0 aliphatic rings. The Hall–Kier alpha value is -3.21. The summed E-state index contributed by atoms with van der Waals surface area (Å²) < 4.78 is 55.0. The van der Waals surface area contributed by atoms with Gasteiger partial charge in [-0.15, -0.1) is 10.2 Å². The van der Waals surface area contributed by atoms with Crippen LogP contribution in [0.15, 0.2) is 52.1 Å². The second kappa shape index (κ2) is 9.08. The van der Waals surface area contributed by atoms with Crippen LogP contribution in [-0.2, 0) is 11.0 Å². The van der Waals surface area contributed by atoms with E-state index in [2.05, 4.69) is 15.5 Å². The Labute approximate surface area is 173 Å². The van der Waals surface area contributed by atoms with Crippen LogP contribution in [0.2, 0.25) is 0 Å². The molecule has 1 heterocycles. The number of alkyl halides is 3. The van der Waals surface area contributed by atoms with Gasteiger partial charge < -0.3 is 19.2 Å². The van der Waals surface area contributed by atoms with Crippen molar-refractivity contribution in [2.24, 2.45) is 0 Å². The molecule has 30 heavy (non-hydrogen) atoms. The lowest BCUT2D eigenvalue weighted by Crippen LogP contribution is -2.18. The van der Waals surface area contributed by atoms with Gasteiger partial charge in [0.1, 0.15) is 11.5 Å². The average molecular weight is 439 g/mol. The number of hydrogen-bond donors (Lipinski definition) is 1. The number of anilines is 1. The minimum atomic E-state index is -4.57. The molecule has 0 aliphatic heterocycles. The molecular formula is C19H16F3N3O4S. The fourth-order valence-electron chi connectivity index (χ4n) is 2.51. The molecule has 0 radical (unpaired) electrons. The van der Waals surface area contributed by atoms with Crippen molar-refractivity contribution >= 4 is 23.4 Å². The number of ether oxygens (including phenoxy) is 2. The lowest BCUT2D eigenvalue weighted by atomic mass is 10.1. The molecule has 1 aromatic heterocycles. The third kappa shape index (κ3) is 5.03. The predicted octanol–water partition coefficient (Wildman–Crippen LogP) is 4.50. The summed E-state index contributed by atoms with van der Waals surface area (Å²) in [5.74, 6) is 0.350. The Balaban J connectivity index is 1.66. The summed E-state index contributed by atoms with van der Waals surface area (Å²) in [6.07, 6.45) is -4.57. The highest BCUT2D eigenvalue weighted by Gasteiger charge is 2.33. The summed E-state index contributed by atoms with van der Waals surface area (Å²) in [4.78, 5) is 12.1. The maximum Gasteiger partial charge on any atom is 0.418 e. The predicted molar refractivity (Wildman–Crippen MR) is 104 cm³/mol. The maximum atomic E-state index is 13.0. The maximum absolute atomic E-state index is 13.0. The first kappa shape index (κ1) is 21.5. The van der Waals surface area contributed by atoms with Gasteiger partial charge in [-0.25, -0.2) is 0 Å². The highest BCUT2D eigenvalue weighted by molar-refractivity contribution is 7.99. The number of hydrogen-bond acceptors (Lipinski definition) is 7. The summed E-state index contributed by atoms with van der Waals surface area (Å²) >= 11 is 0.899. The van der Waals surface area contributed by atoms with E-state index in [1.165, 1.54) is 32.4 Å². The van der Waals surface area contributed by atoms with Crippen molar-refractivity contribution in [2.45, 2.75) is 11.4 Å². The second-order valence-electron chi connectivity index (χ2n) is 5.82. The van der Waals surface area contributed by atoms with Gasteiger partial charge in [0, 0.05) is 6.07 Å². The van der Waals surface area contributed by atoms with Crippen molar-refractivity contribution < 1.29 is 31.9 Å². The first-order valence-corrected chi connectivity index (χ1v) is 9.45. The number of aromatic nitrogens is 2. The number of nitrogens with zero attached hydrogens (tertiary/aromatic N) is 2. The molecule has 0 bridgehead atoms. The molecule has 1 amide bonds. The Morgan fingerprint density at radius 1 is 1.13 bits per heavy atom. The summed E-state index contributed by atoms with van der Waals surface area (Å²) in [5, 5.41) is 10.1. The summed E-state index contributed by atoms with van der Waals surface area (Å²) in [7, 11) is 3.00. The Morgan fingerprint density at radius 2 is 1.90 bits per heavy atom. The van der Waals surface area contributed by atoms with E-state index in [9.17, 15) is 18.0 Å². The molecule has 2 aromatic carbocycles. The van der Waals surface area contributed by atoms with Crippen LogP contribution >= 0.6 is 11.8 Å². The Morgan fingerprint density at radius 3 is 2.60 bits per heavy atom. The van der Waals surface area contributed by atoms with Crippen molar-refractivity contribution in [3.63, 3.8) is 0 Å². The largest absolute Gasteiger partial charge is 0.497 e. The fraction of sp³-hybridized carbons (Fsp3) is 0.211. The van der Waals surface area contributed by atoms with Gasteiger partial charge in [-0.05, 0) is 24.3 Å². The van der Waals surface area contributed by atoms with Crippen molar-refractivity contribution in [1.82, 2.24) is 10.2 Å². The summed E-state index contributed by atoms with van der Waals surface area (Å²) in [6, 6.07) is 9.77. The smallest absolute Gasteiger partial charge is 0.418 e. The van der Waals surface area contributed by atoms with E-state index in [4.69, 9.17) is 13.9 Å². The van der Waals surface area contributed by atoms with Crippen LogP contribution in [0.3, 0.4) is 0 Å². The molecule has 0 saturated carbocycles. The van der Waals surface area contributed by atoms with Gasteiger partial charge in [-0.2, -0.15) is 13.2 Å². The number of carbonyl (C=O) groups is 1. The Bertz CT molecular complexity index is 1040. The molecule has 0 saturated heterocycles. The highest BCUT2D eigenvalue weighted by atomic mass is 32.2. The number of para-hydroxylation sites is 1. The zero-order valence-electron chi connectivity index (χ0n) is 15.8. The topological polar surface area (TPSA) is 86.5 Å². The monoisotopic (exact) mass is 439 g/mol. The molecular weight excluding hydrogens is 423 g/mol. The molecule has 1 N–H and O–H groups in total. The van der Waals surface area contributed by atoms with E-state index in [0.717, 1.165) is 17.8 Å². The van der Waals surface area contributed by atoms with Gasteiger partial charge in [-0.1, -0.05) is 23.9 Å². The van der Waals surface area contributed by atoms with E-state index in [1.807, 2.05) is 0 Å². The number of benzene rings is 2. The van der Waals surface area contributed by atoms with E-state index >= 15 is 0 Å². The van der Waals surface area contributed by atoms with Crippen LogP contribution in [0.1, 0.15) is 5.56 Å². The molecule has 158 valence electrons. The number of thioether (sulfide) groups is 1. The van der Waals surface area contributed by atoms with Gasteiger partial charge in [0.05, 0.1) is 36.8 Å². The lowest BCUT2D eigenvalue weighted by molar-refractivity contribution is -0.137. The molecule has 0 aliphatic carbocycles. The van der Waals surface area contributed by atoms with E-state index in [0.29, 0.717) is 17.1 Å². The van der Waals surface area contributed by atoms with Crippen LogP contribution in [0.4, 0.5) is 18.9 Å². The van der Waals surface area contributed by atoms with Gasteiger partial charge in [0.2, 0.25) is 5.91 Å². The lowest BCUT2D eigenvalue weighted by Gasteiger charge is -2.13. The molecule has 0 unspecified atom stereocenters. The first-order valence-electron chi connectivity index (χ1n) is 8.46. The van der Waals surface area contributed by atoms with E-state index in [1.54, 1.807) is 18.2 Å². The SMILES string of the molecule is COc1ccc(-c2nnc(SCC(=O)Nc3ccccc3C(F)(F)F)o2)c(OC)c1. The van der Waals surface area contributed by atoms with Crippen molar-refractivity contribution in [1.29, 1.82) is 0 Å². The minimum absolute atomic E-state index is 0.0853. The van der Waals surface area contributed by atoms with E-state index < -0.39 is 17.6 Å². The number of amides is 1. The van der Waals surface area contributed by atoms with Crippen LogP contribution in [0.5, 0.6) is 11.5 Å². The quantitative estimate of drug-likeness (QED) is 0.542. The zero-order valence-corrected chi connectivity index (χ0v) is 16.6. The molecule has 0 atom stereocenters. The van der Waals surface area contributed by atoms with Crippen LogP contribution in [0.25, 0.3) is 11.5 Å². The number of methoxy groups -OCH3 is 2. The van der Waals surface area contributed by atoms with E-state index in [-0.39, 0.29) is 22.6 Å². The number of nitrogens with one attached hydrogen (secondary N) is 1. The molecule has 3 rings (SSSR count). The Kier molecular flexibility index (Phi) is 6.50. The van der Waals surface area contributed by atoms with Gasteiger partial charge in [-0.3, -0.25) is 4.79 Å². The minimum Gasteiger partial charge on any atom is -0.497 e. The van der Waals surface area contributed by atoms with Crippen molar-refractivity contribution in [2.75, 3.05) is 25.3 Å². The second-order valence-corrected chi connectivity index (χ2v) is 6.75. The van der Waals surface area contributed by atoms with Crippen LogP contribution in [0, 0.1) is 0 Å². The standard InChI is InChI=1S/C19H16F3N3O4S/c1-27-11-7-8-12(15(9-11)28-2)17-24-25-18(29-17)30-10-16(26)23-14-6-4-3-5-13(14)19(20,21)22/h3-9H,10H2,1-2H3,(H,23,26). The van der Waals surface area contributed by atoms with Crippen molar-refractivity contribution in [3.8, 4) is 23.0 Å². The number of carbonyl (C=O) groups excluding carboxylic acids is 1. The zero-order chi connectivity index (χ0) is 21.7. The van der Waals surface area contributed by atoms with Crippen LogP contribution in [-0.4, -0.2) is 36.1 Å². The van der Waals surface area contributed by atoms with Gasteiger partial charge >= 0.3 is 6.18 Å². The third-order valence-corrected chi connectivity index (χ3v) is 4.70. The third-order valence-electron chi connectivity index (χ3n) is 3.88. The number of rotatable bonds is 7. The normalized spacial score (nSPS) is 11.2.